The molecular weight excluding hydrogens is 1860 g/mol. The molecule has 0 spiro atoms. The van der Waals surface area contributed by atoms with Gasteiger partial charge in [-0.1, -0.05) is 169 Å². The van der Waals surface area contributed by atoms with Crippen molar-refractivity contribution in [3.05, 3.63) is 283 Å². The fourth-order valence-corrected chi connectivity index (χ4v) is 19.6. The van der Waals surface area contributed by atoms with Crippen molar-refractivity contribution in [1.29, 1.82) is 0 Å². The van der Waals surface area contributed by atoms with Crippen molar-refractivity contribution in [3.8, 4) is 50.5 Å². The second-order valence-corrected chi connectivity index (χ2v) is 39.5. The smallest absolute Gasteiger partial charge is 0.406 e. The first-order valence-electron chi connectivity index (χ1n) is 48.3. The molecule has 0 saturated heterocycles. The Morgan fingerprint density at radius 2 is 0.857 bits per heavy atom. The van der Waals surface area contributed by atoms with Crippen LogP contribution in [0.15, 0.2) is 218 Å². The lowest BCUT2D eigenvalue weighted by Gasteiger charge is -2.25. The Hall–Kier alpha value is -11.2. The van der Waals surface area contributed by atoms with Gasteiger partial charge in [0.15, 0.2) is 0 Å². The number of carbonyl (C=O) groups is 3. The molecule has 15 rings (SSSR count). The van der Waals surface area contributed by atoms with Crippen molar-refractivity contribution in [3.63, 3.8) is 0 Å². The molecule has 1 aliphatic carbocycles. The van der Waals surface area contributed by atoms with Gasteiger partial charge in [0, 0.05) is 159 Å². The summed E-state index contributed by atoms with van der Waals surface area (Å²) in [5, 5.41) is 52.9. The number of alkyl halides is 3. The Kier molecular flexibility index (Phi) is 37.8. The lowest BCUT2D eigenvalue weighted by atomic mass is 9.89. The van der Waals surface area contributed by atoms with Crippen molar-refractivity contribution < 1.29 is 57.1 Å². The Balaban J connectivity index is 0.000000179. The number of Topliss-reactive ketones (excluding diaryl/α,β-unsaturated/α-hetero) is 3. The van der Waals surface area contributed by atoms with E-state index in [1.807, 2.05) is 117 Å². The quantitative estimate of drug-likeness (QED) is 0.0175. The van der Waals surface area contributed by atoms with Crippen LogP contribution in [0.5, 0.6) is 5.75 Å². The van der Waals surface area contributed by atoms with Gasteiger partial charge in [-0.05, 0) is 243 Å². The maximum absolute atomic E-state index is 13.9. The highest BCUT2D eigenvalue weighted by molar-refractivity contribution is 7.13. The summed E-state index contributed by atoms with van der Waals surface area (Å²) < 4.78 is 62.5. The highest BCUT2D eigenvalue weighted by Gasteiger charge is 2.32. The molecule has 10 aromatic carbocycles. The lowest BCUT2D eigenvalue weighted by Crippen LogP contribution is -2.29. The number of thiazole rings is 1. The van der Waals surface area contributed by atoms with Crippen molar-refractivity contribution >= 4 is 114 Å². The number of aliphatic hydroxyl groups excluding tert-OH is 4. The minimum absolute atomic E-state index is 0.0175. The summed E-state index contributed by atoms with van der Waals surface area (Å²) in [5.41, 5.74) is 19.8. The van der Waals surface area contributed by atoms with Crippen LogP contribution in [0, 0.1) is 11.7 Å². The molecule has 3 atom stereocenters. The Morgan fingerprint density at radius 3 is 1.26 bits per heavy atom. The second-order valence-electron chi connectivity index (χ2n) is 37.5. The first-order valence-corrected chi connectivity index (χ1v) is 50.3. The average Bonchev–Trinajstić information content (AvgIpc) is 1.63. The third kappa shape index (κ3) is 28.8. The van der Waals surface area contributed by atoms with E-state index in [9.17, 15) is 52.4 Å². The fraction of sp³-hybridized carbons (Fsp3) is 0.378. The molecule has 4 aromatic heterocycles. The van der Waals surface area contributed by atoms with Gasteiger partial charge < -0.3 is 69.5 Å². The van der Waals surface area contributed by atoms with E-state index in [2.05, 4.69) is 155 Å². The molecular formula is C111H128Cl3F4N13O8S. The molecule has 29 heteroatoms. The Bertz CT molecular complexity index is 6420. The monoisotopic (exact) mass is 1980 g/mol. The number of nitrogens with one attached hydrogen (secondary N) is 3. The largest absolute Gasteiger partial charge is 0.573 e. The zero-order chi connectivity index (χ0) is 99.9. The fourth-order valence-electron chi connectivity index (χ4n) is 18.1. The van der Waals surface area contributed by atoms with Crippen LogP contribution < -0.4 is 35.4 Å². The van der Waals surface area contributed by atoms with Crippen LogP contribution in [0.3, 0.4) is 0 Å². The summed E-state index contributed by atoms with van der Waals surface area (Å²) in [5.74, 6) is 2.47. The molecule has 1 fully saturated rings. The maximum Gasteiger partial charge on any atom is 0.573 e. The van der Waals surface area contributed by atoms with E-state index >= 15 is 0 Å². The van der Waals surface area contributed by atoms with Crippen molar-refractivity contribution in [2.75, 3.05) is 86.9 Å². The van der Waals surface area contributed by atoms with Crippen LogP contribution in [-0.4, -0.2) is 156 Å². The molecule has 14 aromatic rings. The van der Waals surface area contributed by atoms with Crippen molar-refractivity contribution in [2.45, 2.75) is 196 Å². The highest BCUT2D eigenvalue weighted by Crippen LogP contribution is 2.39. The number of nitrogens with zero attached hydrogens (tertiary/aromatic N) is 10. The zero-order valence-electron chi connectivity index (χ0n) is 81.3. The normalized spacial score (nSPS) is 13.2. The molecule has 1 aliphatic rings. The number of ether oxygens (including phenoxy) is 1. The summed E-state index contributed by atoms with van der Waals surface area (Å²) >= 11 is 20.5. The lowest BCUT2D eigenvalue weighted by molar-refractivity contribution is -0.274. The van der Waals surface area contributed by atoms with Crippen LogP contribution in [0.2, 0.25) is 15.1 Å². The molecule has 21 nitrogen and oxygen atoms in total. The number of carbonyl (C=O) groups excluding carboxylic acids is 3. The molecule has 1 saturated carbocycles. The molecule has 0 aliphatic heterocycles. The summed E-state index contributed by atoms with van der Waals surface area (Å²) in [4.78, 5) is 63.2. The van der Waals surface area contributed by atoms with Crippen molar-refractivity contribution in [2.24, 2.45) is 5.92 Å². The van der Waals surface area contributed by atoms with Crippen LogP contribution in [0.4, 0.5) is 34.6 Å². The zero-order valence-corrected chi connectivity index (χ0v) is 84.4. The van der Waals surface area contributed by atoms with E-state index in [0.29, 0.717) is 93.4 Å². The standard InChI is InChI=1S/C44H49Cl2N5OS.C36H43F3N4O4.C31H36ClFN4O3/c1-7-21-50(22-8-2)35-17-14-32(15-18-35)42-48-39-25-34(16-20-40(39)51(42)27-31-11-19-36(45)37(46)24-31)38(23-29(3)52)47-26-30-9-12-33(13-10-30)43-49-41(28-53-43)44(4,5)6;1-25(46)21-32(40-23-26-5-3-2-4-6-26)29-11-16-34-33(22-29)41-35(28-9-12-30(13-10-28)42(17-19-44)18-20-45)43(34)24-27-7-14-31(15-8-27)47-36(37,38)39;1-20(2)34-28(16-21(3)40)24-7-11-30-29(18-24)35-31(37(30)19-22-4-10-27(33)26(32)17-22)23-5-8-25(9-6-23)36(12-14-38)13-15-39/h9-20,24-25,28,38,47H,7-8,21-23,26-27H2,1-6H3;7-16,22,26,32,40,44-45H,2-6,17-21,23-24H2,1H3;4-11,17-18,20,28,34,38-39H,12-16,19H2,1-3H3. The number of hydrogen-bond donors (Lipinski definition) is 7. The van der Waals surface area contributed by atoms with Crippen LogP contribution >= 0.6 is 46.1 Å². The van der Waals surface area contributed by atoms with Gasteiger partial charge in [0.2, 0.25) is 0 Å². The highest BCUT2D eigenvalue weighted by atomic mass is 35.5. The van der Waals surface area contributed by atoms with Gasteiger partial charge in [-0.15, -0.1) is 24.5 Å². The number of ketones is 3. The van der Waals surface area contributed by atoms with E-state index in [1.54, 1.807) is 56.4 Å². The number of halogens is 7. The van der Waals surface area contributed by atoms with Gasteiger partial charge in [0.1, 0.15) is 51.4 Å². The first kappa shape index (κ1) is 106. The summed E-state index contributed by atoms with van der Waals surface area (Å²) in [6, 6.07) is 67.3. The molecule has 7 N–H and O–H groups in total. The molecule has 140 heavy (non-hydrogen) atoms. The van der Waals surface area contributed by atoms with Gasteiger partial charge in [-0.3, -0.25) is 14.4 Å². The number of fused-ring (bicyclic) bond motifs is 3. The van der Waals surface area contributed by atoms with E-state index < -0.39 is 12.2 Å². The number of imidazole rings is 3. The average molecular weight is 1990 g/mol. The van der Waals surface area contributed by atoms with E-state index in [1.165, 1.54) is 56.0 Å². The van der Waals surface area contributed by atoms with Crippen LogP contribution in [0.25, 0.3) is 77.8 Å². The summed E-state index contributed by atoms with van der Waals surface area (Å²) in [6.07, 6.45) is 4.74. The van der Waals surface area contributed by atoms with E-state index in [0.717, 1.165) is 160 Å². The third-order valence-corrected chi connectivity index (χ3v) is 26.9. The molecule has 4 heterocycles. The van der Waals surface area contributed by atoms with E-state index in [4.69, 9.17) is 54.7 Å². The maximum atomic E-state index is 13.9. The molecule has 0 amide bonds. The number of aromatic nitrogens is 7. The number of aliphatic hydroxyl groups is 4. The summed E-state index contributed by atoms with van der Waals surface area (Å²) in [7, 11) is 0. The SMILES string of the molecule is CC(=O)CC(NC(C)C)c1ccc2c(c1)nc(-c1ccc(N(CCO)CCO)cc1)n2Cc1ccc(F)c(Cl)c1.CC(=O)CC(NCC1CCCCC1)c1ccc2c(c1)nc(-c1ccc(N(CCO)CCO)cc1)n2Cc1ccc(OC(F)(F)F)cc1.CCCN(CCC)c1ccc(-c2nc3cc(C(CC(C)=O)NCc4ccc(-c5nc(C(C)(C)C)cs5)cc4)ccc3n2Cc2ccc(Cl)c(Cl)c2)cc1. The molecule has 0 bridgehead atoms. The molecule has 0 radical (unpaired) electrons. The second kappa shape index (κ2) is 49.9. The Labute approximate surface area is 837 Å². The number of hydrogen-bond acceptors (Lipinski definition) is 19. The van der Waals surface area contributed by atoms with Crippen LogP contribution in [0.1, 0.15) is 196 Å². The third-order valence-electron chi connectivity index (χ3n) is 25.0. The van der Waals surface area contributed by atoms with Crippen LogP contribution in [-0.2, 0) is 46.0 Å². The van der Waals surface area contributed by atoms with E-state index in [-0.39, 0.29) is 84.1 Å². The predicted molar refractivity (Wildman–Crippen MR) is 559 cm³/mol. The topological polar surface area (TPSA) is 254 Å². The van der Waals surface area contributed by atoms with Gasteiger partial charge in [0.25, 0.3) is 0 Å². The molecule has 3 unspecified atom stereocenters. The van der Waals surface area contributed by atoms with Gasteiger partial charge >= 0.3 is 6.36 Å². The Morgan fingerprint density at radius 1 is 0.464 bits per heavy atom. The first-order chi connectivity index (χ1) is 67.2. The minimum atomic E-state index is -4.77. The minimum Gasteiger partial charge on any atom is -0.406 e. The summed E-state index contributed by atoms with van der Waals surface area (Å²) in [6.45, 7) is 26.3. The number of anilines is 3. The van der Waals surface area contributed by atoms with Crippen molar-refractivity contribution in [1.82, 2.24) is 49.6 Å². The van der Waals surface area contributed by atoms with Gasteiger partial charge in [0.05, 0.1) is 80.3 Å². The number of rotatable bonds is 43. The number of benzene rings is 10. The molecule has 740 valence electrons. The predicted octanol–water partition coefficient (Wildman–Crippen LogP) is 23.9. The van der Waals surface area contributed by atoms with Gasteiger partial charge in [-0.25, -0.2) is 24.3 Å². The van der Waals surface area contributed by atoms with Gasteiger partial charge in [-0.2, -0.15) is 0 Å².